The number of esters is 4. The van der Waals surface area contributed by atoms with Gasteiger partial charge >= 0.3 is 23.9 Å². The van der Waals surface area contributed by atoms with E-state index in [2.05, 4.69) is 0 Å². The average Bonchev–Trinajstić information content (AvgIpc) is 2.96. The Hall–Kier alpha value is -4.58. The van der Waals surface area contributed by atoms with Gasteiger partial charge < -0.3 is 9.47 Å². The molecular weight excluding hydrogens is 504 g/mol. The number of rotatable bonds is 14. The van der Waals surface area contributed by atoms with Gasteiger partial charge in [0.1, 0.15) is 0 Å². The lowest BCUT2D eigenvalue weighted by molar-refractivity contribution is -0.156. The first-order valence-electron chi connectivity index (χ1n) is 13.5. The minimum Gasteiger partial charge on any atom is -0.386 e. The fraction of sp³-hybridized carbons (Fsp3) is 0.235. The molecule has 0 bridgehead atoms. The maximum Gasteiger partial charge on any atom is 0.341 e. The molecule has 0 unspecified atom stereocenters. The van der Waals surface area contributed by atoms with E-state index < -0.39 is 23.9 Å². The summed E-state index contributed by atoms with van der Waals surface area (Å²) in [7, 11) is 0. The van der Waals surface area contributed by atoms with Crippen LogP contribution in [0, 0.1) is 0 Å². The van der Waals surface area contributed by atoms with Crippen LogP contribution in [0.5, 0.6) is 0 Å². The molecule has 2 rings (SSSR count). The first-order valence-corrected chi connectivity index (χ1v) is 13.5. The molecule has 0 radical (unpaired) electrons. The molecule has 0 saturated carbocycles. The zero-order valence-corrected chi connectivity index (χ0v) is 23.1. The summed E-state index contributed by atoms with van der Waals surface area (Å²) in [4.78, 5) is 49.5. The fourth-order valence-corrected chi connectivity index (χ4v) is 3.44. The third-order valence-corrected chi connectivity index (χ3v) is 5.64. The van der Waals surface area contributed by atoms with Crippen LogP contribution in [-0.2, 0) is 28.7 Å². The van der Waals surface area contributed by atoms with Crippen molar-refractivity contribution in [3.8, 4) is 0 Å². The van der Waals surface area contributed by atoms with Crippen LogP contribution >= 0.6 is 0 Å². The molecule has 0 saturated heterocycles. The highest BCUT2D eigenvalue weighted by molar-refractivity contribution is 6.04. The van der Waals surface area contributed by atoms with Gasteiger partial charge in [-0.2, -0.15) is 0 Å². The molecule has 0 aromatic heterocycles. The normalized spacial score (nSPS) is 12.2. The van der Waals surface area contributed by atoms with Gasteiger partial charge in [0, 0.05) is 23.3 Å². The number of hydrogen-bond donors (Lipinski definition) is 0. The zero-order chi connectivity index (χ0) is 29.0. The van der Waals surface area contributed by atoms with Crippen LogP contribution in [0.3, 0.4) is 0 Å². The Labute approximate surface area is 236 Å². The maximum atomic E-state index is 12.6. The Bertz CT molecular complexity index is 1160. The molecular formula is C34H36O6. The molecule has 0 amide bonds. The van der Waals surface area contributed by atoms with E-state index in [1.54, 1.807) is 24.3 Å². The molecule has 2 aromatic carbocycles. The predicted molar refractivity (Wildman–Crippen MR) is 158 cm³/mol. The number of carbonyl (C=O) groups is 4. The van der Waals surface area contributed by atoms with Gasteiger partial charge in [-0.1, -0.05) is 124 Å². The van der Waals surface area contributed by atoms with E-state index >= 15 is 0 Å². The van der Waals surface area contributed by atoms with Crippen LogP contribution in [0.25, 0.3) is 12.2 Å². The smallest absolute Gasteiger partial charge is 0.341 e. The van der Waals surface area contributed by atoms with Gasteiger partial charge in [0.05, 0.1) is 0 Å². The van der Waals surface area contributed by atoms with Crippen LogP contribution in [0.2, 0.25) is 0 Å². The molecule has 0 heterocycles. The summed E-state index contributed by atoms with van der Waals surface area (Å²) in [6.45, 7) is 3.98. The molecule has 0 fully saturated rings. The van der Waals surface area contributed by atoms with Crippen molar-refractivity contribution < 1.29 is 28.7 Å². The topological polar surface area (TPSA) is 86.7 Å². The van der Waals surface area contributed by atoms with Gasteiger partial charge in [-0.05, 0) is 36.8 Å². The number of carbonyl (C=O) groups excluding carboxylic acids is 4. The number of unbranched alkanes of at least 4 members (excludes halogenated alkanes) is 2. The van der Waals surface area contributed by atoms with Crippen LogP contribution in [0.1, 0.15) is 63.5 Å². The van der Waals surface area contributed by atoms with E-state index in [0.29, 0.717) is 24.0 Å². The lowest BCUT2D eigenvalue weighted by Gasteiger charge is -2.05. The second-order valence-electron chi connectivity index (χ2n) is 8.88. The van der Waals surface area contributed by atoms with Crippen molar-refractivity contribution in [1.82, 2.24) is 0 Å². The summed E-state index contributed by atoms with van der Waals surface area (Å²) in [6, 6.07) is 19.2. The van der Waals surface area contributed by atoms with Crippen molar-refractivity contribution in [2.45, 2.75) is 52.4 Å². The van der Waals surface area contributed by atoms with E-state index in [9.17, 15) is 19.2 Å². The Balaban J connectivity index is 1.97. The average molecular weight is 541 g/mol. The zero-order valence-electron chi connectivity index (χ0n) is 23.1. The lowest BCUT2D eigenvalue weighted by atomic mass is 10.1. The minimum absolute atomic E-state index is 0.336. The second-order valence-corrected chi connectivity index (χ2v) is 8.88. The highest BCUT2D eigenvalue weighted by atomic mass is 16.6. The fourth-order valence-electron chi connectivity index (χ4n) is 3.44. The van der Waals surface area contributed by atoms with Crippen LogP contribution in [0.4, 0.5) is 0 Å². The Morgan fingerprint density at radius 1 is 0.600 bits per heavy atom. The molecule has 0 spiro atoms. The summed E-state index contributed by atoms with van der Waals surface area (Å²) in [6.07, 6.45) is 16.0. The summed E-state index contributed by atoms with van der Waals surface area (Å²) < 4.78 is 9.77. The van der Waals surface area contributed by atoms with Crippen molar-refractivity contribution in [2.75, 3.05) is 0 Å². The predicted octanol–water partition coefficient (Wildman–Crippen LogP) is 7.34. The first-order chi connectivity index (χ1) is 19.4. The largest absolute Gasteiger partial charge is 0.386 e. The Morgan fingerprint density at radius 3 is 1.32 bits per heavy atom. The molecule has 0 aliphatic carbocycles. The minimum atomic E-state index is -1.03. The maximum absolute atomic E-state index is 12.6. The van der Waals surface area contributed by atoms with Crippen molar-refractivity contribution in [1.29, 1.82) is 0 Å². The van der Waals surface area contributed by atoms with Crippen molar-refractivity contribution in [3.05, 3.63) is 119 Å². The summed E-state index contributed by atoms with van der Waals surface area (Å²) in [5, 5.41) is 0. The SMILES string of the molecule is CCCCC(=CC=Cc1ccccc1)C(=O)OC(=O)C=CC(=O)OC(=O)C(=CC=Cc1ccccc1)CCCC. The lowest BCUT2D eigenvalue weighted by Crippen LogP contribution is -2.15. The van der Waals surface area contributed by atoms with Gasteiger partial charge in [-0.3, -0.25) is 0 Å². The number of ether oxygens (including phenoxy) is 2. The molecule has 0 atom stereocenters. The van der Waals surface area contributed by atoms with E-state index in [1.807, 2.05) is 86.7 Å². The summed E-state index contributed by atoms with van der Waals surface area (Å²) in [5.74, 6) is -3.65. The molecule has 0 N–H and O–H groups in total. The quantitative estimate of drug-likeness (QED) is 0.108. The Kier molecular flexibility index (Phi) is 14.7. The molecule has 0 aliphatic rings. The van der Waals surface area contributed by atoms with Gasteiger partial charge in [-0.15, -0.1) is 0 Å². The van der Waals surface area contributed by atoms with Crippen LogP contribution in [-0.4, -0.2) is 23.9 Å². The van der Waals surface area contributed by atoms with Gasteiger partial charge in [-0.25, -0.2) is 19.2 Å². The van der Waals surface area contributed by atoms with Crippen molar-refractivity contribution in [3.63, 3.8) is 0 Å². The second kappa shape index (κ2) is 18.6. The van der Waals surface area contributed by atoms with Gasteiger partial charge in [0.15, 0.2) is 0 Å². The molecule has 0 aliphatic heterocycles. The number of allylic oxidation sites excluding steroid dienone is 4. The number of benzene rings is 2. The van der Waals surface area contributed by atoms with Crippen molar-refractivity contribution in [2.24, 2.45) is 0 Å². The Morgan fingerprint density at radius 2 is 0.975 bits per heavy atom. The third kappa shape index (κ3) is 12.8. The first kappa shape index (κ1) is 31.6. The molecule has 40 heavy (non-hydrogen) atoms. The molecule has 6 heteroatoms. The van der Waals surface area contributed by atoms with Crippen LogP contribution in [0.15, 0.2) is 108 Å². The van der Waals surface area contributed by atoms with E-state index in [-0.39, 0.29) is 0 Å². The monoisotopic (exact) mass is 540 g/mol. The molecule has 2 aromatic rings. The van der Waals surface area contributed by atoms with Gasteiger partial charge in [0.25, 0.3) is 0 Å². The van der Waals surface area contributed by atoms with E-state index in [0.717, 1.165) is 49.0 Å². The highest BCUT2D eigenvalue weighted by Gasteiger charge is 2.16. The third-order valence-electron chi connectivity index (χ3n) is 5.64. The van der Waals surface area contributed by atoms with Crippen molar-refractivity contribution >= 4 is 36.0 Å². The van der Waals surface area contributed by atoms with E-state index in [1.165, 1.54) is 0 Å². The molecule has 6 nitrogen and oxygen atoms in total. The summed E-state index contributed by atoms with van der Waals surface area (Å²) >= 11 is 0. The number of hydrogen-bond acceptors (Lipinski definition) is 6. The standard InChI is InChI=1S/C34H36O6/c1-3-5-21-29(23-13-19-27-15-9-7-10-16-27)33(37)39-31(35)25-26-32(36)40-34(38)30(22-6-4-2)24-14-20-28-17-11-8-12-18-28/h7-20,23-26H,3-6,21-22H2,1-2H3. The van der Waals surface area contributed by atoms with Gasteiger partial charge in [0.2, 0.25) is 0 Å². The van der Waals surface area contributed by atoms with E-state index in [4.69, 9.17) is 9.47 Å². The van der Waals surface area contributed by atoms with Crippen LogP contribution < -0.4 is 0 Å². The highest BCUT2D eigenvalue weighted by Crippen LogP contribution is 2.13. The summed E-state index contributed by atoms with van der Waals surface area (Å²) in [5.41, 5.74) is 2.61. The molecule has 208 valence electrons.